The summed E-state index contributed by atoms with van der Waals surface area (Å²) < 4.78 is 5.04. The molecule has 0 heterocycles. The molecule has 0 unspecified atom stereocenters. The van der Waals surface area contributed by atoms with Crippen molar-refractivity contribution in [2.24, 2.45) is 0 Å². The zero-order valence-corrected chi connectivity index (χ0v) is 9.39. The van der Waals surface area contributed by atoms with Gasteiger partial charge < -0.3 is 4.74 Å². The summed E-state index contributed by atoms with van der Waals surface area (Å²) in [6.45, 7) is 6.46. The molecule has 83 valence electrons. The van der Waals surface area contributed by atoms with Gasteiger partial charge in [-0.15, -0.1) is 0 Å². The minimum atomic E-state index is -0.0342. The van der Waals surface area contributed by atoms with Crippen LogP contribution in [0.4, 0.5) is 0 Å². The van der Waals surface area contributed by atoms with Gasteiger partial charge in [0.1, 0.15) is 0 Å². The Kier molecular flexibility index (Phi) is 10.2. The number of carbonyl (C=O) groups is 1. The molecule has 0 aliphatic carbocycles. The number of hydrogen-bond donors (Lipinski definition) is 0. The van der Waals surface area contributed by atoms with Crippen molar-refractivity contribution in [2.75, 3.05) is 6.61 Å². The van der Waals surface area contributed by atoms with Crippen molar-refractivity contribution in [2.45, 2.75) is 58.3 Å². The van der Waals surface area contributed by atoms with Crippen LogP contribution in [0.2, 0.25) is 0 Å². The van der Waals surface area contributed by atoms with Gasteiger partial charge in [0.2, 0.25) is 0 Å². The molecule has 0 aliphatic rings. The lowest BCUT2D eigenvalue weighted by molar-refractivity contribution is -0.143. The third-order valence-electron chi connectivity index (χ3n) is 2.14. The Morgan fingerprint density at radius 1 is 1.14 bits per heavy atom. The maximum atomic E-state index is 11.1. The van der Waals surface area contributed by atoms with Crippen LogP contribution in [0.5, 0.6) is 0 Å². The van der Waals surface area contributed by atoms with Crippen molar-refractivity contribution in [1.82, 2.24) is 0 Å². The topological polar surface area (TPSA) is 26.3 Å². The second-order valence-corrected chi connectivity index (χ2v) is 3.59. The normalized spacial score (nSPS) is 10.1. The molecule has 0 fully saturated rings. The molecule has 0 aromatic rings. The van der Waals surface area contributed by atoms with Crippen molar-refractivity contribution in [3.05, 3.63) is 6.92 Å². The van der Waals surface area contributed by atoms with Gasteiger partial charge in [0.25, 0.3) is 0 Å². The van der Waals surface area contributed by atoms with Gasteiger partial charge in [-0.25, -0.2) is 0 Å². The van der Waals surface area contributed by atoms with Crippen LogP contribution in [0.25, 0.3) is 0 Å². The minimum absolute atomic E-state index is 0.0342. The van der Waals surface area contributed by atoms with E-state index in [9.17, 15) is 4.79 Å². The van der Waals surface area contributed by atoms with E-state index in [1.165, 1.54) is 12.8 Å². The van der Waals surface area contributed by atoms with Gasteiger partial charge in [0.05, 0.1) is 6.61 Å². The van der Waals surface area contributed by atoms with E-state index in [0.29, 0.717) is 13.0 Å². The van der Waals surface area contributed by atoms with E-state index in [1.807, 2.05) is 0 Å². The first-order chi connectivity index (χ1) is 6.81. The summed E-state index contributed by atoms with van der Waals surface area (Å²) in [4.78, 5) is 11.1. The standard InChI is InChI=1S/C12H23O2/c1-3-5-7-8-9-10-12(13)14-11-6-4-2/h1,3-11H2,2H3. The van der Waals surface area contributed by atoms with Gasteiger partial charge in [-0.2, -0.15) is 0 Å². The highest BCUT2D eigenvalue weighted by Crippen LogP contribution is 2.05. The molecule has 0 saturated heterocycles. The summed E-state index contributed by atoms with van der Waals surface area (Å²) in [6.07, 6.45) is 8.09. The first-order valence-corrected chi connectivity index (χ1v) is 5.76. The second-order valence-electron chi connectivity index (χ2n) is 3.59. The number of esters is 1. The highest BCUT2D eigenvalue weighted by Gasteiger charge is 2.01. The predicted molar refractivity (Wildman–Crippen MR) is 58.9 cm³/mol. The van der Waals surface area contributed by atoms with E-state index in [-0.39, 0.29) is 5.97 Å². The lowest BCUT2D eigenvalue weighted by atomic mass is 10.1. The third-order valence-corrected chi connectivity index (χ3v) is 2.14. The van der Waals surface area contributed by atoms with Crippen LogP contribution in [0.1, 0.15) is 58.3 Å². The molecule has 0 saturated carbocycles. The van der Waals surface area contributed by atoms with E-state index >= 15 is 0 Å². The molecule has 2 nitrogen and oxygen atoms in total. The van der Waals surface area contributed by atoms with E-state index in [0.717, 1.165) is 32.1 Å². The smallest absolute Gasteiger partial charge is 0.305 e. The molecule has 2 heteroatoms. The molecule has 0 aromatic carbocycles. The second kappa shape index (κ2) is 10.6. The first kappa shape index (κ1) is 13.5. The van der Waals surface area contributed by atoms with Gasteiger partial charge >= 0.3 is 5.97 Å². The summed E-state index contributed by atoms with van der Waals surface area (Å²) in [5, 5.41) is 0. The molecule has 0 N–H and O–H groups in total. The van der Waals surface area contributed by atoms with E-state index in [2.05, 4.69) is 13.8 Å². The Morgan fingerprint density at radius 3 is 2.50 bits per heavy atom. The largest absolute Gasteiger partial charge is 0.466 e. The van der Waals surface area contributed by atoms with Crippen molar-refractivity contribution >= 4 is 5.97 Å². The van der Waals surface area contributed by atoms with Crippen molar-refractivity contribution < 1.29 is 9.53 Å². The summed E-state index contributed by atoms with van der Waals surface area (Å²) in [7, 11) is 0. The minimum Gasteiger partial charge on any atom is -0.466 e. The van der Waals surface area contributed by atoms with Crippen molar-refractivity contribution in [3.63, 3.8) is 0 Å². The zero-order chi connectivity index (χ0) is 10.6. The zero-order valence-electron chi connectivity index (χ0n) is 9.39. The Labute approximate surface area is 88.0 Å². The molecule has 0 aliphatic heterocycles. The monoisotopic (exact) mass is 199 g/mol. The van der Waals surface area contributed by atoms with Gasteiger partial charge in [-0.05, 0) is 12.8 Å². The average molecular weight is 199 g/mol. The number of rotatable bonds is 9. The highest BCUT2D eigenvalue weighted by atomic mass is 16.5. The number of hydrogen-bond acceptors (Lipinski definition) is 2. The summed E-state index contributed by atoms with van der Waals surface area (Å²) in [5.41, 5.74) is 0. The van der Waals surface area contributed by atoms with Crippen molar-refractivity contribution in [3.8, 4) is 0 Å². The molecule has 0 amide bonds. The molecule has 0 aromatic heterocycles. The highest BCUT2D eigenvalue weighted by molar-refractivity contribution is 5.69. The van der Waals surface area contributed by atoms with Gasteiger partial charge in [0, 0.05) is 6.42 Å². The van der Waals surface area contributed by atoms with Crippen LogP contribution >= 0.6 is 0 Å². The van der Waals surface area contributed by atoms with Crippen LogP contribution in [-0.4, -0.2) is 12.6 Å². The first-order valence-electron chi connectivity index (χ1n) is 5.76. The molecule has 0 rings (SSSR count). The van der Waals surface area contributed by atoms with Crippen LogP contribution in [-0.2, 0) is 9.53 Å². The maximum Gasteiger partial charge on any atom is 0.305 e. The van der Waals surface area contributed by atoms with Crippen LogP contribution in [0.3, 0.4) is 0 Å². The number of unbranched alkanes of at least 4 members (excludes halogenated alkanes) is 5. The SMILES string of the molecule is [CH2]CCCCCCC(=O)OCCCC. The van der Waals surface area contributed by atoms with Crippen LogP contribution in [0, 0.1) is 6.92 Å². The average Bonchev–Trinajstić information content (AvgIpc) is 2.18. The predicted octanol–water partition coefficient (Wildman–Crippen LogP) is 3.50. The third kappa shape index (κ3) is 9.56. The van der Waals surface area contributed by atoms with Crippen molar-refractivity contribution in [1.29, 1.82) is 0 Å². The summed E-state index contributed by atoms with van der Waals surface area (Å²) >= 11 is 0. The Hall–Kier alpha value is -0.530. The van der Waals surface area contributed by atoms with Gasteiger partial charge in [-0.3, -0.25) is 4.79 Å². The summed E-state index contributed by atoms with van der Waals surface area (Å²) in [5.74, 6) is -0.0342. The van der Waals surface area contributed by atoms with Gasteiger partial charge in [-0.1, -0.05) is 46.0 Å². The maximum absolute atomic E-state index is 11.1. The molecule has 0 atom stereocenters. The molecular formula is C12H23O2. The molecule has 1 radical (unpaired) electrons. The lowest BCUT2D eigenvalue weighted by Crippen LogP contribution is -2.05. The molecular weight excluding hydrogens is 176 g/mol. The fourth-order valence-corrected chi connectivity index (χ4v) is 1.20. The van der Waals surface area contributed by atoms with Crippen LogP contribution < -0.4 is 0 Å². The number of carbonyl (C=O) groups excluding carboxylic acids is 1. The van der Waals surface area contributed by atoms with E-state index in [1.54, 1.807) is 0 Å². The van der Waals surface area contributed by atoms with Gasteiger partial charge in [0.15, 0.2) is 0 Å². The fraction of sp³-hybridized carbons (Fsp3) is 0.833. The molecule has 0 spiro atoms. The lowest BCUT2D eigenvalue weighted by Gasteiger charge is -2.03. The quantitative estimate of drug-likeness (QED) is 0.419. The Balaban J connectivity index is 3.10. The molecule has 0 bridgehead atoms. The van der Waals surface area contributed by atoms with Crippen LogP contribution in [0.15, 0.2) is 0 Å². The fourth-order valence-electron chi connectivity index (χ4n) is 1.20. The van der Waals surface area contributed by atoms with E-state index < -0.39 is 0 Å². The van der Waals surface area contributed by atoms with E-state index in [4.69, 9.17) is 4.74 Å². The molecule has 14 heavy (non-hydrogen) atoms. The summed E-state index contributed by atoms with van der Waals surface area (Å²) in [6, 6.07) is 0. The number of ether oxygens (including phenoxy) is 1. The Bertz CT molecular complexity index is 132. The Morgan fingerprint density at radius 2 is 1.86 bits per heavy atom.